The highest BCUT2D eigenvalue weighted by molar-refractivity contribution is 5.78. The molecule has 3 rings (SSSR count). The highest BCUT2D eigenvalue weighted by atomic mass is 16.3. The lowest BCUT2D eigenvalue weighted by Gasteiger charge is -2.15. The number of nitrogens with one attached hydrogen (secondary N) is 1. The number of fused-ring (bicyclic) bond motifs is 1. The fourth-order valence-corrected chi connectivity index (χ4v) is 2.25. The van der Waals surface area contributed by atoms with E-state index in [0.29, 0.717) is 0 Å². The van der Waals surface area contributed by atoms with Gasteiger partial charge in [0.15, 0.2) is 0 Å². The maximum absolute atomic E-state index is 5.67. The van der Waals surface area contributed by atoms with Gasteiger partial charge in [0.05, 0.1) is 11.8 Å². The molecule has 2 heterocycles. The first-order valence-electron chi connectivity index (χ1n) is 6.14. The van der Waals surface area contributed by atoms with Gasteiger partial charge in [0, 0.05) is 11.6 Å². The van der Waals surface area contributed by atoms with E-state index in [1.807, 2.05) is 43.5 Å². The first-order valence-corrected chi connectivity index (χ1v) is 6.14. The number of para-hydroxylation sites is 1. The van der Waals surface area contributed by atoms with Crippen LogP contribution < -0.4 is 11.3 Å². The molecule has 0 saturated heterocycles. The van der Waals surface area contributed by atoms with Crippen LogP contribution in [0.2, 0.25) is 0 Å². The standard InChI is InChI=1S/C15H15N3O/c1-10-6-7-19-15(10)14(18-16)12-8-11-4-2-3-5-13(11)17-9-12/h2-9,14,18H,16H2,1H3. The highest BCUT2D eigenvalue weighted by Crippen LogP contribution is 2.26. The van der Waals surface area contributed by atoms with Crippen LogP contribution in [0.4, 0.5) is 0 Å². The molecular formula is C15H15N3O. The maximum Gasteiger partial charge on any atom is 0.129 e. The third kappa shape index (κ3) is 2.12. The van der Waals surface area contributed by atoms with E-state index in [-0.39, 0.29) is 6.04 Å². The Morgan fingerprint density at radius 2 is 2.11 bits per heavy atom. The minimum atomic E-state index is -0.188. The summed E-state index contributed by atoms with van der Waals surface area (Å²) in [4.78, 5) is 4.45. The Hall–Kier alpha value is -2.17. The van der Waals surface area contributed by atoms with E-state index >= 15 is 0 Å². The van der Waals surface area contributed by atoms with Crippen molar-refractivity contribution >= 4 is 10.9 Å². The molecule has 0 aliphatic rings. The van der Waals surface area contributed by atoms with Crippen LogP contribution >= 0.6 is 0 Å². The van der Waals surface area contributed by atoms with E-state index in [0.717, 1.165) is 27.8 Å². The molecule has 1 unspecified atom stereocenters. The van der Waals surface area contributed by atoms with Crippen molar-refractivity contribution in [2.24, 2.45) is 5.84 Å². The lowest BCUT2D eigenvalue weighted by Crippen LogP contribution is -2.29. The Labute approximate surface area is 111 Å². The van der Waals surface area contributed by atoms with Gasteiger partial charge in [-0.05, 0) is 36.2 Å². The second-order valence-electron chi connectivity index (χ2n) is 4.53. The van der Waals surface area contributed by atoms with Crippen molar-refractivity contribution in [1.82, 2.24) is 10.4 Å². The van der Waals surface area contributed by atoms with Crippen molar-refractivity contribution < 1.29 is 4.42 Å². The van der Waals surface area contributed by atoms with Crippen LogP contribution in [0.3, 0.4) is 0 Å². The minimum Gasteiger partial charge on any atom is -0.467 e. The zero-order valence-corrected chi connectivity index (χ0v) is 10.6. The molecule has 4 nitrogen and oxygen atoms in total. The number of hydrogen-bond acceptors (Lipinski definition) is 4. The number of furan rings is 1. The van der Waals surface area contributed by atoms with E-state index in [9.17, 15) is 0 Å². The van der Waals surface area contributed by atoms with E-state index in [1.165, 1.54) is 0 Å². The van der Waals surface area contributed by atoms with E-state index in [1.54, 1.807) is 6.26 Å². The van der Waals surface area contributed by atoms with Crippen molar-refractivity contribution in [3.05, 3.63) is 65.7 Å². The van der Waals surface area contributed by atoms with Gasteiger partial charge in [-0.3, -0.25) is 10.8 Å². The summed E-state index contributed by atoms with van der Waals surface area (Å²) in [6.45, 7) is 2.00. The highest BCUT2D eigenvalue weighted by Gasteiger charge is 2.18. The summed E-state index contributed by atoms with van der Waals surface area (Å²) < 4.78 is 5.51. The third-order valence-corrected chi connectivity index (χ3v) is 3.28. The molecule has 1 atom stereocenters. The number of aromatic nitrogens is 1. The monoisotopic (exact) mass is 253 g/mol. The van der Waals surface area contributed by atoms with Crippen molar-refractivity contribution in [3.63, 3.8) is 0 Å². The Balaban J connectivity index is 2.09. The normalized spacial score (nSPS) is 12.7. The van der Waals surface area contributed by atoms with E-state index < -0.39 is 0 Å². The zero-order chi connectivity index (χ0) is 13.2. The largest absolute Gasteiger partial charge is 0.467 e. The molecule has 0 bridgehead atoms. The molecule has 19 heavy (non-hydrogen) atoms. The number of nitrogens with zero attached hydrogens (tertiary/aromatic N) is 1. The van der Waals surface area contributed by atoms with Crippen molar-refractivity contribution in [3.8, 4) is 0 Å². The maximum atomic E-state index is 5.67. The number of pyridine rings is 1. The minimum absolute atomic E-state index is 0.188. The van der Waals surface area contributed by atoms with Gasteiger partial charge in [0.25, 0.3) is 0 Å². The molecule has 96 valence electrons. The molecule has 0 aliphatic heterocycles. The molecule has 3 N–H and O–H groups in total. The van der Waals surface area contributed by atoms with Crippen LogP contribution in [0.25, 0.3) is 10.9 Å². The summed E-state index contributed by atoms with van der Waals surface area (Å²) in [7, 11) is 0. The van der Waals surface area contributed by atoms with E-state index in [2.05, 4.69) is 16.5 Å². The summed E-state index contributed by atoms with van der Waals surface area (Å²) in [5, 5.41) is 1.09. The van der Waals surface area contributed by atoms with Gasteiger partial charge in [-0.1, -0.05) is 18.2 Å². The average molecular weight is 253 g/mol. The summed E-state index contributed by atoms with van der Waals surface area (Å²) >= 11 is 0. The van der Waals surface area contributed by atoms with Gasteiger partial charge < -0.3 is 4.42 Å². The summed E-state index contributed by atoms with van der Waals surface area (Å²) in [6.07, 6.45) is 3.50. The quantitative estimate of drug-likeness (QED) is 0.556. The molecule has 0 amide bonds. The predicted octanol–water partition coefficient (Wildman–Crippen LogP) is 2.69. The molecule has 0 fully saturated rings. The second kappa shape index (κ2) is 4.84. The zero-order valence-electron chi connectivity index (χ0n) is 10.6. The molecule has 0 spiro atoms. The lowest BCUT2D eigenvalue weighted by atomic mass is 10.0. The van der Waals surface area contributed by atoms with Crippen LogP contribution in [-0.4, -0.2) is 4.98 Å². The summed E-state index contributed by atoms with van der Waals surface area (Å²) in [5.74, 6) is 6.49. The Morgan fingerprint density at radius 1 is 1.26 bits per heavy atom. The van der Waals surface area contributed by atoms with E-state index in [4.69, 9.17) is 10.3 Å². The Morgan fingerprint density at radius 3 is 2.84 bits per heavy atom. The fourth-order valence-electron chi connectivity index (χ4n) is 2.25. The number of hydrogen-bond donors (Lipinski definition) is 2. The van der Waals surface area contributed by atoms with Gasteiger partial charge in [-0.25, -0.2) is 5.43 Å². The van der Waals surface area contributed by atoms with Crippen LogP contribution in [-0.2, 0) is 0 Å². The van der Waals surface area contributed by atoms with Gasteiger partial charge >= 0.3 is 0 Å². The predicted molar refractivity (Wildman–Crippen MR) is 74.4 cm³/mol. The van der Waals surface area contributed by atoms with Gasteiger partial charge in [-0.2, -0.15) is 0 Å². The van der Waals surface area contributed by atoms with Crippen LogP contribution in [0.5, 0.6) is 0 Å². The molecule has 4 heteroatoms. The number of rotatable bonds is 3. The summed E-state index contributed by atoms with van der Waals surface area (Å²) in [5.41, 5.74) is 5.81. The summed E-state index contributed by atoms with van der Waals surface area (Å²) in [6, 6.07) is 11.8. The Kier molecular flexibility index (Phi) is 3.03. The van der Waals surface area contributed by atoms with Gasteiger partial charge in [0.2, 0.25) is 0 Å². The molecule has 2 aromatic heterocycles. The van der Waals surface area contributed by atoms with Gasteiger partial charge in [-0.15, -0.1) is 0 Å². The van der Waals surface area contributed by atoms with Crippen molar-refractivity contribution in [2.45, 2.75) is 13.0 Å². The molecule has 1 aromatic carbocycles. The Bertz CT molecular complexity index is 705. The van der Waals surface area contributed by atoms with Crippen LogP contribution in [0.15, 0.2) is 53.3 Å². The molecule has 0 saturated carbocycles. The average Bonchev–Trinajstić information content (AvgIpc) is 2.86. The number of nitrogens with two attached hydrogens (primary N) is 1. The van der Waals surface area contributed by atoms with Crippen molar-refractivity contribution in [2.75, 3.05) is 0 Å². The van der Waals surface area contributed by atoms with Crippen molar-refractivity contribution in [1.29, 1.82) is 0 Å². The second-order valence-corrected chi connectivity index (χ2v) is 4.53. The number of benzene rings is 1. The molecule has 0 radical (unpaired) electrons. The third-order valence-electron chi connectivity index (χ3n) is 3.28. The number of aryl methyl sites for hydroxylation is 1. The number of hydrazine groups is 1. The lowest BCUT2D eigenvalue weighted by molar-refractivity contribution is 0.449. The molecular weight excluding hydrogens is 238 g/mol. The fraction of sp³-hybridized carbons (Fsp3) is 0.133. The molecule has 3 aromatic rings. The van der Waals surface area contributed by atoms with Gasteiger partial charge in [0.1, 0.15) is 11.8 Å². The smallest absolute Gasteiger partial charge is 0.129 e. The first-order chi connectivity index (χ1) is 9.29. The SMILES string of the molecule is Cc1ccoc1C(NN)c1cnc2ccccc2c1. The van der Waals surface area contributed by atoms with Crippen LogP contribution in [0.1, 0.15) is 22.9 Å². The topological polar surface area (TPSA) is 64.1 Å². The van der Waals surface area contributed by atoms with Crippen LogP contribution in [0, 0.1) is 6.92 Å². The molecule has 0 aliphatic carbocycles. The first kappa shape index (κ1) is 11.9.